The number of benzene rings is 1. The molecule has 5 nitrogen and oxygen atoms in total. The van der Waals surface area contributed by atoms with E-state index < -0.39 is 0 Å². The molecule has 2 aromatic rings. The molecule has 0 spiro atoms. The van der Waals surface area contributed by atoms with E-state index in [9.17, 15) is 0 Å². The Hall–Kier alpha value is -2.01. The van der Waals surface area contributed by atoms with Gasteiger partial charge in [0.05, 0.1) is 19.7 Å². The molecule has 0 saturated carbocycles. The van der Waals surface area contributed by atoms with Crippen LogP contribution in [0.1, 0.15) is 30.5 Å². The average molecular weight is 327 g/mol. The van der Waals surface area contributed by atoms with E-state index in [4.69, 9.17) is 14.5 Å². The molecule has 0 radical (unpaired) electrons. The molecule has 24 heavy (non-hydrogen) atoms. The Morgan fingerprint density at radius 2 is 1.83 bits per heavy atom. The molecule has 2 heterocycles. The van der Waals surface area contributed by atoms with Crippen molar-refractivity contribution in [1.82, 2.24) is 10.3 Å². The van der Waals surface area contributed by atoms with Gasteiger partial charge in [0.15, 0.2) is 11.5 Å². The minimum absolute atomic E-state index is 0.523. The lowest BCUT2D eigenvalue weighted by Gasteiger charge is -2.27. The van der Waals surface area contributed by atoms with Gasteiger partial charge < -0.3 is 20.1 Å². The standard InChI is InChI=1S/C19H25N3O2/c1-23-17-10-14-16(11-18(17)24-2)22-15-5-3-4-13(15)19(14)21-12-6-8-20-9-7-12/h10-12,20H,3-9H2,1-2H3,(H,21,22). The number of methoxy groups -OCH3 is 2. The van der Waals surface area contributed by atoms with E-state index >= 15 is 0 Å². The Labute approximate surface area is 142 Å². The Bertz CT molecular complexity index is 754. The second kappa shape index (κ2) is 6.48. The molecule has 128 valence electrons. The summed E-state index contributed by atoms with van der Waals surface area (Å²) in [5.74, 6) is 1.50. The van der Waals surface area contributed by atoms with Gasteiger partial charge in [0.2, 0.25) is 0 Å². The smallest absolute Gasteiger partial charge is 0.162 e. The van der Waals surface area contributed by atoms with Crippen LogP contribution in [-0.4, -0.2) is 38.3 Å². The molecule has 0 bridgehead atoms. The zero-order chi connectivity index (χ0) is 16.5. The van der Waals surface area contributed by atoms with Gasteiger partial charge in [0.25, 0.3) is 0 Å². The Morgan fingerprint density at radius 1 is 1.08 bits per heavy atom. The molecular formula is C19H25N3O2. The van der Waals surface area contributed by atoms with Crippen LogP contribution in [0.4, 0.5) is 5.69 Å². The largest absolute Gasteiger partial charge is 0.493 e. The quantitative estimate of drug-likeness (QED) is 0.904. The van der Waals surface area contributed by atoms with Gasteiger partial charge in [-0.05, 0) is 56.8 Å². The molecule has 1 fully saturated rings. The number of aromatic nitrogens is 1. The predicted octanol–water partition coefficient (Wildman–Crippen LogP) is 2.90. The van der Waals surface area contributed by atoms with Gasteiger partial charge >= 0.3 is 0 Å². The first-order chi connectivity index (χ1) is 11.8. The first kappa shape index (κ1) is 15.5. The van der Waals surface area contributed by atoms with Crippen molar-refractivity contribution in [2.45, 2.75) is 38.1 Å². The summed E-state index contributed by atoms with van der Waals surface area (Å²) in [5.41, 5.74) is 4.89. The van der Waals surface area contributed by atoms with Gasteiger partial charge in [-0.3, -0.25) is 4.98 Å². The minimum atomic E-state index is 0.523. The van der Waals surface area contributed by atoms with E-state index in [1.54, 1.807) is 14.2 Å². The van der Waals surface area contributed by atoms with Crippen LogP contribution in [0.5, 0.6) is 11.5 Å². The number of nitrogens with one attached hydrogen (secondary N) is 2. The first-order valence-corrected chi connectivity index (χ1v) is 8.85. The third kappa shape index (κ3) is 2.67. The van der Waals surface area contributed by atoms with Gasteiger partial charge in [0, 0.05) is 28.9 Å². The zero-order valence-electron chi connectivity index (χ0n) is 14.4. The van der Waals surface area contributed by atoms with Crippen molar-refractivity contribution in [2.75, 3.05) is 32.6 Å². The van der Waals surface area contributed by atoms with Gasteiger partial charge in [0.1, 0.15) is 0 Å². The van der Waals surface area contributed by atoms with Crippen LogP contribution < -0.4 is 20.1 Å². The van der Waals surface area contributed by atoms with Gasteiger partial charge in [-0.25, -0.2) is 0 Å². The van der Waals surface area contributed by atoms with Crippen molar-refractivity contribution in [3.05, 3.63) is 23.4 Å². The molecule has 0 amide bonds. The molecule has 0 unspecified atom stereocenters. The maximum atomic E-state index is 5.52. The number of pyridine rings is 1. The Kier molecular flexibility index (Phi) is 4.19. The highest BCUT2D eigenvalue weighted by Gasteiger charge is 2.23. The molecule has 1 saturated heterocycles. The number of aryl methyl sites for hydroxylation is 1. The van der Waals surface area contributed by atoms with Crippen LogP contribution in [-0.2, 0) is 12.8 Å². The topological polar surface area (TPSA) is 55.4 Å². The summed E-state index contributed by atoms with van der Waals surface area (Å²) in [5, 5.41) is 8.42. The van der Waals surface area contributed by atoms with Crippen LogP contribution in [0, 0.1) is 0 Å². The van der Waals surface area contributed by atoms with Gasteiger partial charge in [-0.15, -0.1) is 0 Å². The third-order valence-corrected chi connectivity index (χ3v) is 5.20. The van der Waals surface area contributed by atoms with Crippen LogP contribution >= 0.6 is 0 Å². The number of rotatable bonds is 4. The molecule has 4 rings (SSSR count). The number of ether oxygens (including phenoxy) is 2. The summed E-state index contributed by atoms with van der Waals surface area (Å²) in [4.78, 5) is 4.91. The second-order valence-electron chi connectivity index (χ2n) is 6.66. The highest BCUT2D eigenvalue weighted by atomic mass is 16.5. The number of nitrogens with zero attached hydrogens (tertiary/aromatic N) is 1. The number of hydrogen-bond acceptors (Lipinski definition) is 5. The van der Waals surface area contributed by atoms with E-state index in [-0.39, 0.29) is 0 Å². The fraction of sp³-hybridized carbons (Fsp3) is 0.526. The van der Waals surface area contributed by atoms with Crippen molar-refractivity contribution in [1.29, 1.82) is 0 Å². The predicted molar refractivity (Wildman–Crippen MR) is 96.4 cm³/mol. The third-order valence-electron chi connectivity index (χ3n) is 5.20. The van der Waals surface area contributed by atoms with Crippen molar-refractivity contribution >= 4 is 16.6 Å². The monoisotopic (exact) mass is 327 g/mol. The molecule has 5 heteroatoms. The van der Waals surface area contributed by atoms with Crippen LogP contribution in [0.15, 0.2) is 12.1 Å². The molecule has 1 aliphatic heterocycles. The number of fused-ring (bicyclic) bond motifs is 2. The van der Waals surface area contributed by atoms with E-state index in [0.717, 1.165) is 61.2 Å². The van der Waals surface area contributed by atoms with Crippen molar-refractivity contribution in [2.24, 2.45) is 0 Å². The normalized spacial score (nSPS) is 17.8. The second-order valence-corrected chi connectivity index (χ2v) is 6.66. The van der Waals surface area contributed by atoms with E-state index in [1.165, 1.54) is 23.4 Å². The summed E-state index contributed by atoms with van der Waals surface area (Å²) in [7, 11) is 3.36. The Morgan fingerprint density at radius 3 is 2.58 bits per heavy atom. The van der Waals surface area contributed by atoms with Crippen LogP contribution in [0.3, 0.4) is 0 Å². The Balaban J connectivity index is 1.85. The highest BCUT2D eigenvalue weighted by Crippen LogP contribution is 2.40. The molecule has 2 N–H and O–H groups in total. The molecule has 1 aliphatic carbocycles. The SMILES string of the molecule is COc1cc2nc3c(c(NC4CCNCC4)c2cc1OC)CCC3. The van der Waals surface area contributed by atoms with E-state index in [1.807, 2.05) is 6.07 Å². The lowest BCUT2D eigenvalue weighted by molar-refractivity contribution is 0.356. The molecule has 1 aromatic heterocycles. The highest BCUT2D eigenvalue weighted by molar-refractivity contribution is 5.96. The molecule has 1 aromatic carbocycles. The van der Waals surface area contributed by atoms with E-state index in [2.05, 4.69) is 16.7 Å². The van der Waals surface area contributed by atoms with Crippen molar-refractivity contribution in [3.8, 4) is 11.5 Å². The fourth-order valence-electron chi connectivity index (χ4n) is 3.92. The molecular weight excluding hydrogens is 302 g/mol. The summed E-state index contributed by atoms with van der Waals surface area (Å²) < 4.78 is 11.0. The van der Waals surface area contributed by atoms with Crippen molar-refractivity contribution < 1.29 is 9.47 Å². The molecule has 0 atom stereocenters. The average Bonchev–Trinajstić information content (AvgIpc) is 3.09. The first-order valence-electron chi connectivity index (χ1n) is 8.85. The summed E-state index contributed by atoms with van der Waals surface area (Å²) in [6.07, 6.45) is 5.69. The summed E-state index contributed by atoms with van der Waals surface area (Å²) >= 11 is 0. The lowest BCUT2D eigenvalue weighted by Crippen LogP contribution is -2.35. The lowest BCUT2D eigenvalue weighted by atomic mass is 10.0. The van der Waals surface area contributed by atoms with Gasteiger partial charge in [-0.2, -0.15) is 0 Å². The maximum absolute atomic E-state index is 5.52. The minimum Gasteiger partial charge on any atom is -0.493 e. The zero-order valence-corrected chi connectivity index (χ0v) is 14.4. The number of piperidine rings is 1. The fourth-order valence-corrected chi connectivity index (χ4v) is 3.92. The van der Waals surface area contributed by atoms with E-state index in [0.29, 0.717) is 6.04 Å². The number of hydrogen-bond donors (Lipinski definition) is 2. The van der Waals surface area contributed by atoms with Crippen molar-refractivity contribution in [3.63, 3.8) is 0 Å². The van der Waals surface area contributed by atoms with Crippen LogP contribution in [0.2, 0.25) is 0 Å². The maximum Gasteiger partial charge on any atom is 0.162 e. The number of anilines is 1. The summed E-state index contributed by atoms with van der Waals surface area (Å²) in [6.45, 7) is 2.17. The van der Waals surface area contributed by atoms with Crippen LogP contribution in [0.25, 0.3) is 10.9 Å². The molecule has 2 aliphatic rings. The van der Waals surface area contributed by atoms with Gasteiger partial charge in [-0.1, -0.05) is 0 Å². The summed E-state index contributed by atoms with van der Waals surface area (Å²) in [6, 6.07) is 4.60.